The monoisotopic (exact) mass is 208 g/mol. The quantitative estimate of drug-likeness (QED) is 0.798. The molecule has 0 bridgehead atoms. The van der Waals surface area contributed by atoms with Crippen LogP contribution in [0.2, 0.25) is 0 Å². The summed E-state index contributed by atoms with van der Waals surface area (Å²) in [6, 6.07) is 5.39. The number of carboxylic acid groups (broad SMARTS) is 1. The molecule has 1 N–H and O–H groups in total. The number of aliphatic carboxylic acids is 1. The van der Waals surface area contributed by atoms with Crippen molar-refractivity contribution in [2.45, 2.75) is 12.5 Å². The van der Waals surface area contributed by atoms with Crippen LogP contribution in [0.1, 0.15) is 17.2 Å². The van der Waals surface area contributed by atoms with Crippen LogP contribution < -0.4 is 4.74 Å². The molecule has 0 spiro atoms. The minimum atomic E-state index is -0.954. The van der Waals surface area contributed by atoms with Crippen molar-refractivity contribution >= 4 is 5.97 Å². The van der Waals surface area contributed by atoms with Crippen molar-refractivity contribution in [1.29, 1.82) is 0 Å². The van der Waals surface area contributed by atoms with E-state index in [4.69, 9.17) is 14.6 Å². The van der Waals surface area contributed by atoms with E-state index in [1.54, 1.807) is 19.2 Å². The van der Waals surface area contributed by atoms with Gasteiger partial charge < -0.3 is 14.6 Å². The van der Waals surface area contributed by atoms with Gasteiger partial charge in [0.1, 0.15) is 5.75 Å². The fraction of sp³-hybridized carbons (Fsp3) is 0.364. The highest BCUT2D eigenvalue weighted by Crippen LogP contribution is 2.33. The molecule has 0 aromatic heterocycles. The number of hydrogen-bond acceptors (Lipinski definition) is 3. The van der Waals surface area contributed by atoms with E-state index in [-0.39, 0.29) is 0 Å². The Balaban J connectivity index is 2.48. The van der Waals surface area contributed by atoms with Gasteiger partial charge in [-0.2, -0.15) is 0 Å². The van der Waals surface area contributed by atoms with Gasteiger partial charge in [-0.15, -0.1) is 0 Å². The third-order valence-electron chi connectivity index (χ3n) is 2.53. The van der Waals surface area contributed by atoms with Crippen LogP contribution in [0.15, 0.2) is 18.2 Å². The Labute approximate surface area is 87.4 Å². The highest BCUT2D eigenvalue weighted by molar-refractivity contribution is 5.75. The summed E-state index contributed by atoms with van der Waals surface area (Å²) in [4.78, 5) is 11.0. The molecule has 4 nitrogen and oxygen atoms in total. The smallest absolute Gasteiger partial charge is 0.337 e. The molecular formula is C11H12O4. The zero-order valence-electron chi connectivity index (χ0n) is 8.40. The number of ether oxygens (including phenoxy) is 2. The third-order valence-corrected chi connectivity index (χ3v) is 2.53. The number of hydrogen-bond donors (Lipinski definition) is 1. The lowest BCUT2D eigenvalue weighted by Crippen LogP contribution is -2.23. The van der Waals surface area contributed by atoms with Gasteiger partial charge in [0.15, 0.2) is 6.10 Å². The van der Waals surface area contributed by atoms with Crippen LogP contribution in [-0.4, -0.2) is 24.8 Å². The predicted molar refractivity (Wildman–Crippen MR) is 53.0 cm³/mol. The SMILES string of the molecule is COc1cccc2c1CCOC2C(=O)O. The second kappa shape index (κ2) is 3.90. The topological polar surface area (TPSA) is 55.8 Å². The Kier molecular flexibility index (Phi) is 2.60. The number of rotatable bonds is 2. The van der Waals surface area contributed by atoms with E-state index in [2.05, 4.69) is 0 Å². The van der Waals surface area contributed by atoms with Gasteiger partial charge in [-0.3, -0.25) is 0 Å². The molecule has 0 saturated carbocycles. The number of fused-ring (bicyclic) bond motifs is 1. The third kappa shape index (κ3) is 1.68. The van der Waals surface area contributed by atoms with Gasteiger partial charge >= 0.3 is 5.97 Å². The lowest BCUT2D eigenvalue weighted by atomic mass is 9.96. The summed E-state index contributed by atoms with van der Waals surface area (Å²) in [6.07, 6.45) is -0.160. The molecule has 1 aromatic rings. The molecule has 0 amide bonds. The molecule has 0 radical (unpaired) electrons. The summed E-state index contributed by atoms with van der Waals surface area (Å²) >= 11 is 0. The molecule has 2 rings (SSSR count). The van der Waals surface area contributed by atoms with E-state index in [0.717, 1.165) is 11.3 Å². The van der Waals surface area contributed by atoms with Crippen LogP contribution >= 0.6 is 0 Å². The van der Waals surface area contributed by atoms with Gasteiger partial charge in [0.05, 0.1) is 13.7 Å². The maximum absolute atomic E-state index is 11.0. The molecule has 0 aliphatic carbocycles. The zero-order valence-corrected chi connectivity index (χ0v) is 8.40. The Hall–Kier alpha value is -1.55. The highest BCUT2D eigenvalue weighted by atomic mass is 16.5. The molecule has 0 fully saturated rings. The lowest BCUT2D eigenvalue weighted by molar-refractivity contribution is -0.151. The second-order valence-electron chi connectivity index (χ2n) is 3.37. The van der Waals surface area contributed by atoms with Crippen LogP contribution in [0.4, 0.5) is 0 Å². The minimum absolute atomic E-state index is 0.421. The van der Waals surface area contributed by atoms with Crippen LogP contribution in [-0.2, 0) is 16.0 Å². The van der Waals surface area contributed by atoms with Gasteiger partial charge in [0.2, 0.25) is 0 Å². The van der Waals surface area contributed by atoms with Crippen molar-refractivity contribution in [1.82, 2.24) is 0 Å². The summed E-state index contributed by atoms with van der Waals surface area (Å²) in [7, 11) is 1.58. The standard InChI is InChI=1S/C11H12O4/c1-14-9-4-2-3-8-7(9)5-6-15-10(8)11(12)13/h2-4,10H,5-6H2,1H3,(H,12,13). The number of carbonyl (C=O) groups is 1. The van der Waals surface area contributed by atoms with Crippen molar-refractivity contribution in [2.75, 3.05) is 13.7 Å². The fourth-order valence-electron chi connectivity index (χ4n) is 1.86. The first-order valence-corrected chi connectivity index (χ1v) is 4.74. The van der Waals surface area contributed by atoms with E-state index < -0.39 is 12.1 Å². The second-order valence-corrected chi connectivity index (χ2v) is 3.37. The number of benzene rings is 1. The minimum Gasteiger partial charge on any atom is -0.496 e. The molecule has 0 saturated heterocycles. The van der Waals surface area contributed by atoms with Gasteiger partial charge in [0.25, 0.3) is 0 Å². The van der Waals surface area contributed by atoms with E-state index in [9.17, 15) is 4.79 Å². The first kappa shape index (κ1) is 9.98. The van der Waals surface area contributed by atoms with Crippen LogP contribution in [0.5, 0.6) is 5.75 Å². The first-order valence-electron chi connectivity index (χ1n) is 4.74. The summed E-state index contributed by atoms with van der Waals surface area (Å²) < 4.78 is 10.4. The average molecular weight is 208 g/mol. The largest absolute Gasteiger partial charge is 0.496 e. The molecule has 1 heterocycles. The molecule has 1 aliphatic heterocycles. The van der Waals surface area contributed by atoms with Crippen molar-refractivity contribution < 1.29 is 19.4 Å². The van der Waals surface area contributed by atoms with Gasteiger partial charge in [-0.05, 0) is 18.1 Å². The Morgan fingerprint density at radius 1 is 1.60 bits per heavy atom. The van der Waals surface area contributed by atoms with Crippen molar-refractivity contribution in [3.8, 4) is 5.75 Å². The molecule has 1 unspecified atom stereocenters. The number of methoxy groups -OCH3 is 1. The van der Waals surface area contributed by atoms with E-state index in [0.29, 0.717) is 18.6 Å². The average Bonchev–Trinajstić information content (AvgIpc) is 2.27. The van der Waals surface area contributed by atoms with Crippen molar-refractivity contribution in [3.05, 3.63) is 29.3 Å². The van der Waals surface area contributed by atoms with E-state index in [1.165, 1.54) is 0 Å². The van der Waals surface area contributed by atoms with Gasteiger partial charge in [-0.1, -0.05) is 12.1 Å². The highest BCUT2D eigenvalue weighted by Gasteiger charge is 2.28. The van der Waals surface area contributed by atoms with Crippen LogP contribution in [0.25, 0.3) is 0 Å². The maximum atomic E-state index is 11.0. The van der Waals surface area contributed by atoms with Crippen molar-refractivity contribution in [2.24, 2.45) is 0 Å². The molecule has 80 valence electrons. The number of carboxylic acids is 1. The summed E-state index contributed by atoms with van der Waals surface area (Å²) in [5.74, 6) is -0.216. The van der Waals surface area contributed by atoms with E-state index in [1.807, 2.05) is 6.07 Å². The molecule has 1 aliphatic rings. The molecule has 15 heavy (non-hydrogen) atoms. The molecule has 4 heteroatoms. The lowest BCUT2D eigenvalue weighted by Gasteiger charge is -2.24. The Morgan fingerprint density at radius 3 is 3.07 bits per heavy atom. The predicted octanol–water partition coefficient (Wildman–Crippen LogP) is 1.39. The summed E-state index contributed by atoms with van der Waals surface area (Å²) in [5, 5.41) is 8.98. The van der Waals surface area contributed by atoms with Gasteiger partial charge in [0, 0.05) is 5.56 Å². The fourth-order valence-corrected chi connectivity index (χ4v) is 1.86. The maximum Gasteiger partial charge on any atom is 0.337 e. The van der Waals surface area contributed by atoms with Gasteiger partial charge in [-0.25, -0.2) is 4.79 Å². The van der Waals surface area contributed by atoms with Crippen molar-refractivity contribution in [3.63, 3.8) is 0 Å². The van der Waals surface area contributed by atoms with Crippen LogP contribution in [0.3, 0.4) is 0 Å². The van der Waals surface area contributed by atoms with Crippen LogP contribution in [0, 0.1) is 0 Å². The normalized spacial score (nSPS) is 19.4. The summed E-state index contributed by atoms with van der Waals surface area (Å²) in [6.45, 7) is 0.421. The molecule has 1 atom stereocenters. The Bertz CT molecular complexity index is 386. The first-order chi connectivity index (χ1) is 7.24. The Morgan fingerprint density at radius 2 is 2.40 bits per heavy atom. The van der Waals surface area contributed by atoms with E-state index >= 15 is 0 Å². The zero-order chi connectivity index (χ0) is 10.8. The summed E-state index contributed by atoms with van der Waals surface area (Å²) in [5.41, 5.74) is 1.65. The molecule has 1 aromatic carbocycles. The molecular weight excluding hydrogens is 196 g/mol.